The highest BCUT2D eigenvalue weighted by Gasteiger charge is 2.11. The monoisotopic (exact) mass is 426 g/mol. The van der Waals surface area contributed by atoms with Gasteiger partial charge >= 0.3 is 0 Å². The molecule has 0 saturated carbocycles. The zero-order chi connectivity index (χ0) is 17.5. The number of amides is 1. The molecule has 7 heteroatoms. The van der Waals surface area contributed by atoms with Crippen LogP contribution in [0, 0.1) is 0 Å². The van der Waals surface area contributed by atoms with Crippen molar-refractivity contribution < 1.29 is 9.53 Å². The first kappa shape index (κ1) is 18.7. The van der Waals surface area contributed by atoms with Crippen LogP contribution in [0.25, 0.3) is 0 Å². The fraction of sp³-hybridized carbons (Fsp3) is 0.176. The van der Waals surface area contributed by atoms with Gasteiger partial charge in [-0.2, -0.15) is 0 Å². The number of nitrogens with one attached hydrogen (secondary N) is 2. The van der Waals surface area contributed by atoms with E-state index in [0.29, 0.717) is 28.6 Å². The van der Waals surface area contributed by atoms with E-state index in [-0.39, 0.29) is 11.0 Å². The Kier molecular flexibility index (Phi) is 7.02. The Bertz CT molecular complexity index is 755. The molecule has 0 unspecified atom stereocenters. The number of halogens is 2. The van der Waals surface area contributed by atoms with Crippen LogP contribution in [0.2, 0.25) is 5.02 Å². The molecule has 2 rings (SSSR count). The molecule has 0 saturated heterocycles. The van der Waals surface area contributed by atoms with E-state index in [9.17, 15) is 4.79 Å². The van der Waals surface area contributed by atoms with Crippen LogP contribution < -0.4 is 15.4 Å². The van der Waals surface area contributed by atoms with E-state index in [4.69, 9.17) is 28.6 Å². The number of thiocarbonyl (C=S) groups is 1. The van der Waals surface area contributed by atoms with Crippen molar-refractivity contribution >= 4 is 56.5 Å². The highest BCUT2D eigenvalue weighted by Crippen LogP contribution is 2.26. The van der Waals surface area contributed by atoms with Gasteiger partial charge in [0.15, 0.2) is 5.11 Å². The summed E-state index contributed by atoms with van der Waals surface area (Å²) in [6.07, 6.45) is 0.915. The van der Waals surface area contributed by atoms with Crippen molar-refractivity contribution in [3.8, 4) is 5.75 Å². The zero-order valence-electron chi connectivity index (χ0n) is 12.9. The Balaban J connectivity index is 1.98. The molecule has 0 aromatic heterocycles. The summed E-state index contributed by atoms with van der Waals surface area (Å²) in [5.74, 6) is 0.394. The van der Waals surface area contributed by atoms with Crippen LogP contribution >= 0.6 is 39.7 Å². The summed E-state index contributed by atoms with van der Waals surface area (Å²) in [6, 6.07) is 12.2. The number of hydrogen-bond donors (Lipinski definition) is 2. The van der Waals surface area contributed by atoms with Gasteiger partial charge in [0, 0.05) is 16.3 Å². The molecule has 0 aliphatic carbocycles. The molecule has 1 amide bonds. The van der Waals surface area contributed by atoms with Gasteiger partial charge in [0.05, 0.1) is 11.1 Å². The lowest BCUT2D eigenvalue weighted by Gasteiger charge is -2.11. The normalized spacial score (nSPS) is 10.1. The minimum absolute atomic E-state index is 0.199. The number of benzene rings is 2. The average Bonchev–Trinajstić information content (AvgIpc) is 2.53. The van der Waals surface area contributed by atoms with Gasteiger partial charge in [-0.15, -0.1) is 0 Å². The highest BCUT2D eigenvalue weighted by atomic mass is 79.9. The van der Waals surface area contributed by atoms with Crippen LogP contribution in [0.3, 0.4) is 0 Å². The smallest absolute Gasteiger partial charge is 0.257 e. The summed E-state index contributed by atoms with van der Waals surface area (Å²) in [4.78, 5) is 12.3. The zero-order valence-corrected chi connectivity index (χ0v) is 16.1. The molecule has 2 aromatic rings. The van der Waals surface area contributed by atoms with E-state index in [2.05, 4.69) is 26.6 Å². The van der Waals surface area contributed by atoms with Gasteiger partial charge < -0.3 is 10.1 Å². The number of carbonyl (C=O) groups is 1. The Hall–Kier alpha value is -1.63. The third-order valence-corrected chi connectivity index (χ3v) is 4.02. The summed E-state index contributed by atoms with van der Waals surface area (Å²) >= 11 is 14.5. The van der Waals surface area contributed by atoms with Crippen molar-refractivity contribution in [2.75, 3.05) is 11.9 Å². The molecule has 126 valence electrons. The molecule has 0 aliphatic rings. The second-order valence-electron chi connectivity index (χ2n) is 4.91. The molecule has 0 heterocycles. The van der Waals surface area contributed by atoms with E-state index in [1.165, 1.54) is 0 Å². The van der Waals surface area contributed by atoms with Gasteiger partial charge in [-0.05, 0) is 71.0 Å². The largest absolute Gasteiger partial charge is 0.492 e. The van der Waals surface area contributed by atoms with Gasteiger partial charge in [0.25, 0.3) is 5.91 Å². The topological polar surface area (TPSA) is 50.4 Å². The fourth-order valence-corrected chi connectivity index (χ4v) is 2.77. The predicted molar refractivity (Wildman–Crippen MR) is 105 cm³/mol. The quantitative estimate of drug-likeness (QED) is 0.658. The molecule has 4 nitrogen and oxygen atoms in total. The third kappa shape index (κ3) is 5.47. The molecule has 0 bridgehead atoms. The average molecular weight is 428 g/mol. The van der Waals surface area contributed by atoms with Crippen molar-refractivity contribution in [2.24, 2.45) is 0 Å². The van der Waals surface area contributed by atoms with E-state index in [0.717, 1.165) is 10.9 Å². The Labute approximate surface area is 159 Å². The molecule has 0 radical (unpaired) electrons. The number of carbonyl (C=O) groups excluding carboxylic acids is 1. The number of ether oxygens (including phenoxy) is 1. The molecular weight excluding hydrogens is 412 g/mol. The van der Waals surface area contributed by atoms with Gasteiger partial charge in [-0.1, -0.05) is 24.6 Å². The lowest BCUT2D eigenvalue weighted by molar-refractivity contribution is 0.0977. The van der Waals surface area contributed by atoms with Gasteiger partial charge in [-0.3, -0.25) is 10.1 Å². The van der Waals surface area contributed by atoms with Crippen molar-refractivity contribution in [3.63, 3.8) is 0 Å². The second kappa shape index (κ2) is 9.01. The molecular formula is C17H16BrClN2O2S. The number of hydrogen-bond acceptors (Lipinski definition) is 3. The molecule has 2 aromatic carbocycles. The van der Waals surface area contributed by atoms with E-state index < -0.39 is 0 Å². The molecule has 24 heavy (non-hydrogen) atoms. The van der Waals surface area contributed by atoms with Crippen molar-refractivity contribution in [3.05, 3.63) is 57.5 Å². The van der Waals surface area contributed by atoms with Crippen molar-refractivity contribution in [1.29, 1.82) is 0 Å². The van der Waals surface area contributed by atoms with Gasteiger partial charge in [-0.25, -0.2) is 0 Å². The van der Waals surface area contributed by atoms with Crippen LogP contribution in [-0.2, 0) is 0 Å². The van der Waals surface area contributed by atoms with Gasteiger partial charge in [0.2, 0.25) is 0 Å². The second-order valence-corrected chi connectivity index (χ2v) is 6.61. The SMILES string of the molecule is CCCOc1ccc(C(=O)NC(=S)Nc2cccc(Cl)c2)cc1Br. The first-order valence-electron chi connectivity index (χ1n) is 7.30. The highest BCUT2D eigenvalue weighted by molar-refractivity contribution is 9.10. The Morgan fingerprint density at radius 3 is 2.75 bits per heavy atom. The molecule has 0 spiro atoms. The van der Waals surface area contributed by atoms with Crippen molar-refractivity contribution in [2.45, 2.75) is 13.3 Å². The van der Waals surface area contributed by atoms with Crippen LogP contribution in [0.5, 0.6) is 5.75 Å². The summed E-state index contributed by atoms with van der Waals surface area (Å²) in [7, 11) is 0. The first-order chi connectivity index (χ1) is 11.5. The minimum atomic E-state index is -0.308. The summed E-state index contributed by atoms with van der Waals surface area (Å²) in [6.45, 7) is 2.65. The van der Waals surface area contributed by atoms with Crippen LogP contribution in [0.15, 0.2) is 46.9 Å². The summed E-state index contributed by atoms with van der Waals surface area (Å²) in [5, 5.41) is 6.33. The number of anilines is 1. The van der Waals surface area contributed by atoms with E-state index in [1.54, 1.807) is 42.5 Å². The first-order valence-corrected chi connectivity index (χ1v) is 8.87. The van der Waals surface area contributed by atoms with Crippen LogP contribution in [0.1, 0.15) is 23.7 Å². The lowest BCUT2D eigenvalue weighted by atomic mass is 10.2. The fourth-order valence-electron chi connectivity index (χ4n) is 1.88. The van der Waals surface area contributed by atoms with Crippen LogP contribution in [0.4, 0.5) is 5.69 Å². The Morgan fingerprint density at radius 2 is 2.08 bits per heavy atom. The molecule has 2 N–H and O–H groups in total. The molecule has 0 atom stereocenters. The predicted octanol–water partition coefficient (Wildman–Crippen LogP) is 5.02. The van der Waals surface area contributed by atoms with Gasteiger partial charge in [0.1, 0.15) is 5.75 Å². The summed E-state index contributed by atoms with van der Waals surface area (Å²) < 4.78 is 6.28. The van der Waals surface area contributed by atoms with E-state index in [1.807, 2.05) is 6.92 Å². The standard InChI is InChI=1S/C17H16BrClN2O2S/c1-2-8-23-15-7-6-11(9-14(15)18)16(22)21-17(24)20-13-5-3-4-12(19)10-13/h3-7,9-10H,2,8H2,1H3,(H2,20,21,22,24). The molecule has 0 aliphatic heterocycles. The van der Waals surface area contributed by atoms with Crippen molar-refractivity contribution in [1.82, 2.24) is 5.32 Å². The molecule has 0 fully saturated rings. The Morgan fingerprint density at radius 1 is 1.29 bits per heavy atom. The number of rotatable bonds is 5. The third-order valence-electron chi connectivity index (χ3n) is 2.97. The van der Waals surface area contributed by atoms with Crippen LogP contribution in [-0.4, -0.2) is 17.6 Å². The van der Waals surface area contributed by atoms with E-state index >= 15 is 0 Å². The summed E-state index contributed by atoms with van der Waals surface area (Å²) in [5.41, 5.74) is 1.18. The maximum atomic E-state index is 12.3. The maximum absolute atomic E-state index is 12.3. The minimum Gasteiger partial charge on any atom is -0.492 e. The maximum Gasteiger partial charge on any atom is 0.257 e. The lowest BCUT2D eigenvalue weighted by Crippen LogP contribution is -2.34.